The quantitative estimate of drug-likeness (QED) is 0.676. The molecule has 2 unspecified atom stereocenters. The second kappa shape index (κ2) is 7.18. The number of rotatable bonds is 7. The van der Waals surface area contributed by atoms with E-state index in [0.717, 1.165) is 13.1 Å². The third kappa shape index (κ3) is 6.24. The molecule has 1 aliphatic heterocycles. The molecule has 0 bridgehead atoms. The number of halogens is 3. The molecule has 0 spiro atoms. The summed E-state index contributed by atoms with van der Waals surface area (Å²) in [5.41, 5.74) is 0. The van der Waals surface area contributed by atoms with E-state index in [9.17, 15) is 13.2 Å². The topological polar surface area (TPSA) is 33.3 Å². The number of ether oxygens (including phenoxy) is 1. The van der Waals surface area contributed by atoms with Gasteiger partial charge in [-0.05, 0) is 19.5 Å². The fourth-order valence-corrected chi connectivity index (χ4v) is 1.99. The third-order valence-electron chi connectivity index (χ3n) is 2.89. The van der Waals surface area contributed by atoms with Gasteiger partial charge in [-0.25, -0.2) is 0 Å². The molecule has 1 fully saturated rings. The summed E-state index contributed by atoms with van der Waals surface area (Å²) in [7, 11) is 0. The van der Waals surface area contributed by atoms with Gasteiger partial charge < -0.3 is 15.4 Å². The minimum atomic E-state index is -4.04. The number of alkyl halides is 3. The number of hydrogen-bond acceptors (Lipinski definition) is 3. The zero-order valence-corrected chi connectivity index (χ0v) is 10.1. The molecule has 0 aliphatic carbocycles. The van der Waals surface area contributed by atoms with Crippen molar-refractivity contribution in [3.05, 3.63) is 0 Å². The summed E-state index contributed by atoms with van der Waals surface area (Å²) >= 11 is 0. The van der Waals surface area contributed by atoms with Crippen molar-refractivity contribution in [2.24, 2.45) is 5.92 Å². The lowest BCUT2D eigenvalue weighted by atomic mass is 10.0. The third-order valence-corrected chi connectivity index (χ3v) is 2.89. The van der Waals surface area contributed by atoms with E-state index in [1.165, 1.54) is 0 Å². The van der Waals surface area contributed by atoms with E-state index < -0.39 is 12.6 Å². The molecule has 6 heteroatoms. The smallest absolute Gasteiger partial charge is 0.379 e. The second-order valence-electron chi connectivity index (χ2n) is 4.38. The Morgan fingerprint density at radius 2 is 2.06 bits per heavy atom. The monoisotopic (exact) mass is 254 g/mol. The number of hydrogen-bond donors (Lipinski definition) is 2. The Morgan fingerprint density at radius 3 is 2.71 bits per heavy atom. The Bertz CT molecular complexity index is 211. The van der Waals surface area contributed by atoms with Gasteiger partial charge in [0.25, 0.3) is 0 Å². The van der Waals surface area contributed by atoms with Crippen LogP contribution in [0.5, 0.6) is 0 Å². The Labute approximate surface area is 100 Å². The van der Waals surface area contributed by atoms with E-state index in [-0.39, 0.29) is 6.42 Å². The summed E-state index contributed by atoms with van der Waals surface area (Å²) in [5, 5.41) is 6.38. The summed E-state index contributed by atoms with van der Waals surface area (Å²) in [5.74, 6) is 0.362. The van der Waals surface area contributed by atoms with Crippen molar-refractivity contribution in [1.29, 1.82) is 0 Å². The molecule has 0 radical (unpaired) electrons. The van der Waals surface area contributed by atoms with E-state index in [1.807, 2.05) is 6.92 Å². The van der Waals surface area contributed by atoms with Crippen LogP contribution in [0, 0.1) is 5.92 Å². The standard InChI is InChI=1S/C11H21F3N2O/c1-2-16-10-8-17-7-9(10)6-15-5-3-4-11(12,13)14/h9-10,15-16H,2-8H2,1H3. The first-order valence-corrected chi connectivity index (χ1v) is 6.11. The van der Waals surface area contributed by atoms with Crippen molar-refractivity contribution in [3.8, 4) is 0 Å². The molecular formula is C11H21F3N2O. The van der Waals surface area contributed by atoms with Gasteiger partial charge in [0.15, 0.2) is 0 Å². The van der Waals surface area contributed by atoms with Crippen LogP contribution < -0.4 is 10.6 Å². The highest BCUT2D eigenvalue weighted by Gasteiger charge is 2.28. The first kappa shape index (κ1) is 14.7. The van der Waals surface area contributed by atoms with Gasteiger partial charge in [-0.15, -0.1) is 0 Å². The minimum absolute atomic E-state index is 0.142. The molecule has 0 aromatic carbocycles. The van der Waals surface area contributed by atoms with Crippen molar-refractivity contribution in [2.75, 3.05) is 32.8 Å². The zero-order valence-electron chi connectivity index (χ0n) is 10.1. The van der Waals surface area contributed by atoms with Crippen molar-refractivity contribution in [3.63, 3.8) is 0 Å². The van der Waals surface area contributed by atoms with E-state index in [1.54, 1.807) is 0 Å². The maximum absolute atomic E-state index is 11.9. The fraction of sp³-hybridized carbons (Fsp3) is 1.00. The first-order chi connectivity index (χ1) is 8.03. The Hall–Kier alpha value is -0.330. The maximum Gasteiger partial charge on any atom is 0.389 e. The Kier molecular flexibility index (Phi) is 6.22. The highest BCUT2D eigenvalue weighted by Crippen LogP contribution is 2.20. The van der Waals surface area contributed by atoms with Gasteiger partial charge in [0.1, 0.15) is 0 Å². The highest BCUT2D eigenvalue weighted by molar-refractivity contribution is 4.82. The van der Waals surface area contributed by atoms with Crippen LogP contribution >= 0.6 is 0 Å². The van der Waals surface area contributed by atoms with Crippen molar-refractivity contribution < 1.29 is 17.9 Å². The molecule has 2 N–H and O–H groups in total. The predicted molar refractivity (Wildman–Crippen MR) is 59.9 cm³/mol. The SMILES string of the molecule is CCNC1COCC1CNCCCC(F)(F)F. The van der Waals surface area contributed by atoms with Crippen LogP contribution in [0.1, 0.15) is 19.8 Å². The van der Waals surface area contributed by atoms with Crippen LogP contribution in [-0.2, 0) is 4.74 Å². The van der Waals surface area contributed by atoms with Gasteiger partial charge in [0.2, 0.25) is 0 Å². The van der Waals surface area contributed by atoms with Gasteiger partial charge >= 0.3 is 6.18 Å². The lowest BCUT2D eigenvalue weighted by Gasteiger charge is -2.18. The summed E-state index contributed by atoms with van der Waals surface area (Å²) < 4.78 is 41.0. The molecule has 0 saturated carbocycles. The largest absolute Gasteiger partial charge is 0.389 e. The van der Waals surface area contributed by atoms with Crippen LogP contribution in [0.2, 0.25) is 0 Å². The maximum atomic E-state index is 11.9. The summed E-state index contributed by atoms with van der Waals surface area (Å²) in [6, 6.07) is 0.329. The van der Waals surface area contributed by atoms with Crippen LogP contribution in [0.3, 0.4) is 0 Å². The lowest BCUT2D eigenvalue weighted by molar-refractivity contribution is -0.135. The zero-order chi connectivity index (χ0) is 12.7. The van der Waals surface area contributed by atoms with E-state index >= 15 is 0 Å². The Morgan fingerprint density at radius 1 is 1.29 bits per heavy atom. The molecule has 17 heavy (non-hydrogen) atoms. The molecule has 0 amide bonds. The minimum Gasteiger partial charge on any atom is -0.379 e. The van der Waals surface area contributed by atoms with Gasteiger partial charge in [0, 0.05) is 24.9 Å². The van der Waals surface area contributed by atoms with Crippen LogP contribution in [0.15, 0.2) is 0 Å². The van der Waals surface area contributed by atoms with Crippen LogP contribution in [0.25, 0.3) is 0 Å². The summed E-state index contributed by atoms with van der Waals surface area (Å²) in [6.45, 7) is 5.43. The molecule has 2 atom stereocenters. The number of likely N-dealkylation sites (N-methyl/N-ethyl adjacent to an activating group) is 1. The van der Waals surface area contributed by atoms with Crippen molar-refractivity contribution in [1.82, 2.24) is 10.6 Å². The molecule has 1 aliphatic rings. The van der Waals surface area contributed by atoms with Crippen LogP contribution in [-0.4, -0.2) is 45.1 Å². The molecule has 102 valence electrons. The van der Waals surface area contributed by atoms with E-state index in [0.29, 0.717) is 31.7 Å². The molecule has 0 aromatic heterocycles. The van der Waals surface area contributed by atoms with E-state index in [4.69, 9.17) is 4.74 Å². The molecule has 1 saturated heterocycles. The average molecular weight is 254 g/mol. The predicted octanol–water partition coefficient (Wildman–Crippen LogP) is 1.54. The van der Waals surface area contributed by atoms with Gasteiger partial charge in [-0.3, -0.25) is 0 Å². The van der Waals surface area contributed by atoms with Gasteiger partial charge in [-0.1, -0.05) is 6.92 Å². The molecule has 1 rings (SSSR count). The normalized spacial score (nSPS) is 25.4. The van der Waals surface area contributed by atoms with Gasteiger partial charge in [-0.2, -0.15) is 13.2 Å². The van der Waals surface area contributed by atoms with Gasteiger partial charge in [0.05, 0.1) is 13.2 Å². The van der Waals surface area contributed by atoms with Crippen molar-refractivity contribution in [2.45, 2.75) is 32.0 Å². The summed E-state index contributed by atoms with van der Waals surface area (Å²) in [6.07, 6.45) is -4.61. The molecular weight excluding hydrogens is 233 g/mol. The highest BCUT2D eigenvalue weighted by atomic mass is 19.4. The fourth-order valence-electron chi connectivity index (χ4n) is 1.99. The molecule has 0 aromatic rings. The first-order valence-electron chi connectivity index (χ1n) is 6.11. The molecule has 3 nitrogen and oxygen atoms in total. The van der Waals surface area contributed by atoms with Crippen molar-refractivity contribution >= 4 is 0 Å². The molecule has 1 heterocycles. The lowest BCUT2D eigenvalue weighted by Crippen LogP contribution is -2.40. The van der Waals surface area contributed by atoms with E-state index in [2.05, 4.69) is 10.6 Å². The average Bonchev–Trinajstić information content (AvgIpc) is 2.64. The summed E-state index contributed by atoms with van der Waals surface area (Å²) in [4.78, 5) is 0. The van der Waals surface area contributed by atoms with Crippen LogP contribution in [0.4, 0.5) is 13.2 Å². The Balaban J connectivity index is 2.06. The second-order valence-corrected chi connectivity index (χ2v) is 4.38. The number of nitrogens with one attached hydrogen (secondary N) is 2.